The first-order valence-corrected chi connectivity index (χ1v) is 10.6. The van der Waals surface area contributed by atoms with Crippen molar-refractivity contribution in [1.82, 2.24) is 10.6 Å². The molecule has 2 N–H and O–H groups in total. The Morgan fingerprint density at radius 3 is 2.71 bits per heavy atom. The van der Waals surface area contributed by atoms with E-state index in [9.17, 15) is 4.39 Å². The highest BCUT2D eigenvalue weighted by molar-refractivity contribution is 14.0. The molecule has 2 aliphatic rings. The quantitative estimate of drug-likeness (QED) is 0.335. The number of hydrogen-bond donors (Lipinski definition) is 2. The first-order valence-electron chi connectivity index (χ1n) is 10.6. The van der Waals surface area contributed by atoms with Crippen LogP contribution in [0.1, 0.15) is 18.1 Å². The number of aliphatic imine (C=N–C) groups is 1. The predicted octanol–water partition coefficient (Wildman–Crippen LogP) is 3.34. The van der Waals surface area contributed by atoms with Gasteiger partial charge in [0.25, 0.3) is 0 Å². The van der Waals surface area contributed by atoms with Crippen molar-refractivity contribution in [3.8, 4) is 5.75 Å². The number of para-hydroxylation sites is 1. The monoisotopic (exact) mass is 540 g/mol. The van der Waals surface area contributed by atoms with Crippen LogP contribution in [-0.2, 0) is 17.7 Å². The number of anilines is 1. The minimum atomic E-state index is -0.209. The Hall–Kier alpha value is -2.07. The van der Waals surface area contributed by atoms with Crippen LogP contribution in [0.15, 0.2) is 47.5 Å². The Kier molecular flexibility index (Phi) is 8.77. The third kappa shape index (κ3) is 6.22. The van der Waals surface area contributed by atoms with Crippen molar-refractivity contribution < 1.29 is 13.9 Å². The number of benzene rings is 2. The van der Waals surface area contributed by atoms with Crippen molar-refractivity contribution in [2.24, 2.45) is 4.99 Å². The second kappa shape index (κ2) is 11.5. The molecule has 31 heavy (non-hydrogen) atoms. The molecule has 1 saturated heterocycles. The van der Waals surface area contributed by atoms with E-state index < -0.39 is 0 Å². The molecule has 2 heterocycles. The topological polar surface area (TPSA) is 58.1 Å². The van der Waals surface area contributed by atoms with Crippen molar-refractivity contribution in [2.45, 2.75) is 26.0 Å². The van der Waals surface area contributed by atoms with Crippen LogP contribution in [0.5, 0.6) is 5.75 Å². The Labute approximate surface area is 200 Å². The number of guanidine groups is 1. The van der Waals surface area contributed by atoms with Gasteiger partial charge < -0.3 is 25.0 Å². The van der Waals surface area contributed by atoms with Gasteiger partial charge in [-0.25, -0.2) is 9.38 Å². The van der Waals surface area contributed by atoms with E-state index in [-0.39, 0.29) is 35.9 Å². The van der Waals surface area contributed by atoms with Crippen LogP contribution >= 0.6 is 24.0 Å². The van der Waals surface area contributed by atoms with Gasteiger partial charge in [0.05, 0.1) is 32.0 Å². The lowest BCUT2D eigenvalue weighted by Crippen LogP contribution is -2.42. The average Bonchev–Trinajstić information content (AvgIpc) is 3.19. The largest absolute Gasteiger partial charge is 0.488 e. The Morgan fingerprint density at radius 1 is 1.16 bits per heavy atom. The summed E-state index contributed by atoms with van der Waals surface area (Å²) in [4.78, 5) is 6.64. The first-order chi connectivity index (χ1) is 14.7. The van der Waals surface area contributed by atoms with Gasteiger partial charge in [0, 0.05) is 26.1 Å². The number of hydrogen-bond acceptors (Lipinski definition) is 4. The highest BCUT2D eigenvalue weighted by atomic mass is 127. The Morgan fingerprint density at radius 2 is 1.97 bits per heavy atom. The van der Waals surface area contributed by atoms with Crippen LogP contribution in [0, 0.1) is 5.82 Å². The lowest BCUT2D eigenvalue weighted by molar-refractivity contribution is 0.122. The minimum Gasteiger partial charge on any atom is -0.488 e. The molecule has 0 amide bonds. The van der Waals surface area contributed by atoms with Crippen LogP contribution in [0.4, 0.5) is 10.1 Å². The van der Waals surface area contributed by atoms with Gasteiger partial charge in [-0.3, -0.25) is 0 Å². The van der Waals surface area contributed by atoms with E-state index in [2.05, 4.69) is 21.7 Å². The van der Waals surface area contributed by atoms with E-state index in [1.807, 2.05) is 42.2 Å². The van der Waals surface area contributed by atoms with Gasteiger partial charge in [0.1, 0.15) is 17.7 Å². The molecule has 2 aromatic carbocycles. The molecular formula is C23H30FIN4O2. The number of nitrogens with one attached hydrogen (secondary N) is 2. The fourth-order valence-corrected chi connectivity index (χ4v) is 3.80. The van der Waals surface area contributed by atoms with E-state index in [0.717, 1.165) is 37.4 Å². The Balaban J connectivity index is 0.00000272. The first kappa shape index (κ1) is 23.6. The zero-order chi connectivity index (χ0) is 20.8. The van der Waals surface area contributed by atoms with Crippen LogP contribution in [0.25, 0.3) is 0 Å². The molecule has 0 aliphatic carbocycles. The third-order valence-corrected chi connectivity index (χ3v) is 5.34. The molecule has 0 spiro atoms. The van der Waals surface area contributed by atoms with Gasteiger partial charge in [0.2, 0.25) is 0 Å². The summed E-state index contributed by atoms with van der Waals surface area (Å²) >= 11 is 0. The van der Waals surface area contributed by atoms with Crippen molar-refractivity contribution in [2.75, 3.05) is 44.3 Å². The van der Waals surface area contributed by atoms with Crippen LogP contribution in [0.3, 0.4) is 0 Å². The normalized spacial score (nSPS) is 18.1. The highest BCUT2D eigenvalue weighted by Gasteiger charge is 2.22. The highest BCUT2D eigenvalue weighted by Crippen LogP contribution is 2.27. The molecule has 8 heteroatoms. The molecule has 0 aromatic heterocycles. The molecule has 0 radical (unpaired) electrons. The van der Waals surface area contributed by atoms with Gasteiger partial charge in [-0.15, -0.1) is 24.0 Å². The molecule has 0 bridgehead atoms. The van der Waals surface area contributed by atoms with Gasteiger partial charge in [-0.2, -0.15) is 0 Å². The van der Waals surface area contributed by atoms with E-state index >= 15 is 0 Å². The van der Waals surface area contributed by atoms with Crippen molar-refractivity contribution in [3.05, 3.63) is 59.4 Å². The summed E-state index contributed by atoms with van der Waals surface area (Å²) in [6.07, 6.45) is 0.966. The van der Waals surface area contributed by atoms with Crippen molar-refractivity contribution in [1.29, 1.82) is 0 Å². The van der Waals surface area contributed by atoms with E-state index in [4.69, 9.17) is 9.47 Å². The molecule has 2 aliphatic heterocycles. The van der Waals surface area contributed by atoms with Crippen molar-refractivity contribution in [3.63, 3.8) is 0 Å². The van der Waals surface area contributed by atoms with Crippen LogP contribution in [0.2, 0.25) is 0 Å². The molecule has 1 fully saturated rings. The maximum absolute atomic E-state index is 14.6. The minimum absolute atomic E-state index is 0. The van der Waals surface area contributed by atoms with Crippen LogP contribution < -0.4 is 20.3 Å². The van der Waals surface area contributed by atoms with Gasteiger partial charge in [-0.1, -0.05) is 24.3 Å². The van der Waals surface area contributed by atoms with Crippen LogP contribution in [-0.4, -0.2) is 51.5 Å². The molecule has 2 aromatic rings. The van der Waals surface area contributed by atoms with E-state index in [1.165, 1.54) is 5.56 Å². The number of nitrogens with zero attached hydrogens (tertiary/aromatic N) is 2. The Bertz CT molecular complexity index is 865. The smallest absolute Gasteiger partial charge is 0.191 e. The van der Waals surface area contributed by atoms with E-state index in [1.54, 1.807) is 6.07 Å². The summed E-state index contributed by atoms with van der Waals surface area (Å²) in [5, 5.41) is 6.59. The lowest BCUT2D eigenvalue weighted by atomic mass is 10.1. The summed E-state index contributed by atoms with van der Waals surface area (Å²) in [5.74, 6) is 1.46. The fraction of sp³-hybridized carbons (Fsp3) is 0.435. The molecule has 1 unspecified atom stereocenters. The second-order valence-corrected chi connectivity index (χ2v) is 7.51. The molecule has 0 saturated carbocycles. The number of ether oxygens (including phenoxy) is 2. The fourth-order valence-electron chi connectivity index (χ4n) is 3.80. The SMILES string of the molecule is CCNC(=NCc1ccc(N2CCOCC2)c(F)c1)NCC1Cc2ccccc2O1.I. The van der Waals surface area contributed by atoms with Gasteiger partial charge in [-0.05, 0) is 36.2 Å². The molecular weight excluding hydrogens is 510 g/mol. The average molecular weight is 540 g/mol. The van der Waals surface area contributed by atoms with E-state index in [0.29, 0.717) is 38.0 Å². The number of rotatable bonds is 6. The maximum atomic E-state index is 14.6. The number of morpholine rings is 1. The summed E-state index contributed by atoms with van der Waals surface area (Å²) in [5.41, 5.74) is 2.71. The summed E-state index contributed by atoms with van der Waals surface area (Å²) in [6, 6.07) is 13.5. The summed E-state index contributed by atoms with van der Waals surface area (Å²) < 4.78 is 25.9. The number of halogens is 2. The molecule has 6 nitrogen and oxygen atoms in total. The second-order valence-electron chi connectivity index (χ2n) is 7.51. The van der Waals surface area contributed by atoms with Crippen molar-refractivity contribution >= 4 is 35.6 Å². The number of fused-ring (bicyclic) bond motifs is 1. The zero-order valence-electron chi connectivity index (χ0n) is 17.8. The lowest BCUT2D eigenvalue weighted by Gasteiger charge is -2.29. The predicted molar refractivity (Wildman–Crippen MR) is 132 cm³/mol. The zero-order valence-corrected chi connectivity index (χ0v) is 20.1. The standard InChI is InChI=1S/C23H29FN4O2.HI/c1-2-25-23(27-16-19-14-18-5-3-4-6-22(18)30-19)26-15-17-7-8-21(20(24)13-17)28-9-11-29-12-10-28;/h3-8,13,19H,2,9-12,14-16H2,1H3,(H2,25,26,27);1H. The molecule has 168 valence electrons. The third-order valence-electron chi connectivity index (χ3n) is 5.34. The summed E-state index contributed by atoms with van der Waals surface area (Å²) in [6.45, 7) is 6.55. The van der Waals surface area contributed by atoms with Gasteiger partial charge in [0.15, 0.2) is 5.96 Å². The van der Waals surface area contributed by atoms with Gasteiger partial charge >= 0.3 is 0 Å². The summed E-state index contributed by atoms with van der Waals surface area (Å²) in [7, 11) is 0. The molecule has 1 atom stereocenters. The molecule has 4 rings (SSSR count). The maximum Gasteiger partial charge on any atom is 0.191 e.